The van der Waals surface area contributed by atoms with Gasteiger partial charge in [-0.15, -0.1) is 0 Å². The van der Waals surface area contributed by atoms with Gasteiger partial charge in [-0.25, -0.2) is 18.4 Å². The molecule has 2 aliphatic rings. The van der Waals surface area contributed by atoms with Crippen LogP contribution >= 0.6 is 0 Å². The van der Waals surface area contributed by atoms with Crippen molar-refractivity contribution in [3.8, 4) is 6.07 Å². The van der Waals surface area contributed by atoms with Crippen LogP contribution in [0.15, 0.2) is 24.5 Å². The van der Waals surface area contributed by atoms with Crippen LogP contribution in [0.3, 0.4) is 0 Å². The monoisotopic (exact) mass is 414 g/mol. The first-order valence-electron chi connectivity index (χ1n) is 10.0. The lowest BCUT2D eigenvalue weighted by molar-refractivity contribution is 0.109. The van der Waals surface area contributed by atoms with Crippen molar-refractivity contribution < 1.29 is 8.42 Å². The second-order valence-electron chi connectivity index (χ2n) is 7.91. The maximum absolute atomic E-state index is 11.7. The summed E-state index contributed by atoms with van der Waals surface area (Å²) < 4.78 is 25.0. The SMILES string of the molecule is CS(=O)(=O)N1CCN(C2CCC(Nc3ncnc4ccc(C#N)cc34)CC2)CC1. The Morgan fingerprint density at radius 2 is 1.83 bits per heavy atom. The summed E-state index contributed by atoms with van der Waals surface area (Å²) in [4.78, 5) is 11.1. The molecule has 9 heteroatoms. The molecular formula is C20H26N6O2S. The summed E-state index contributed by atoms with van der Waals surface area (Å²) in [6.07, 6.45) is 7.10. The van der Waals surface area contributed by atoms with Gasteiger partial charge in [-0.1, -0.05) is 0 Å². The molecule has 8 nitrogen and oxygen atoms in total. The summed E-state index contributed by atoms with van der Waals surface area (Å²) in [6.45, 7) is 2.79. The molecular weight excluding hydrogens is 388 g/mol. The highest BCUT2D eigenvalue weighted by Gasteiger charge is 2.30. The molecule has 0 unspecified atom stereocenters. The maximum Gasteiger partial charge on any atom is 0.211 e. The van der Waals surface area contributed by atoms with Crippen molar-refractivity contribution in [3.05, 3.63) is 30.1 Å². The van der Waals surface area contributed by atoms with Gasteiger partial charge < -0.3 is 5.32 Å². The molecule has 0 bridgehead atoms. The minimum Gasteiger partial charge on any atom is -0.367 e. The van der Waals surface area contributed by atoms with Crippen LogP contribution in [0.1, 0.15) is 31.2 Å². The van der Waals surface area contributed by atoms with E-state index in [0.717, 1.165) is 55.5 Å². The van der Waals surface area contributed by atoms with Gasteiger partial charge in [-0.2, -0.15) is 9.57 Å². The molecule has 0 atom stereocenters. The van der Waals surface area contributed by atoms with Crippen molar-refractivity contribution in [2.75, 3.05) is 37.8 Å². The second-order valence-corrected chi connectivity index (χ2v) is 9.90. The van der Waals surface area contributed by atoms with Crippen LogP contribution in [0.2, 0.25) is 0 Å². The Balaban J connectivity index is 1.35. The minimum atomic E-state index is -3.08. The minimum absolute atomic E-state index is 0.340. The van der Waals surface area contributed by atoms with Crippen molar-refractivity contribution in [3.63, 3.8) is 0 Å². The predicted octanol–water partition coefficient (Wildman–Crippen LogP) is 1.80. The fourth-order valence-electron chi connectivity index (χ4n) is 4.42. The van der Waals surface area contributed by atoms with Gasteiger partial charge in [0.1, 0.15) is 12.1 Å². The third-order valence-corrected chi connectivity index (χ3v) is 7.36. The van der Waals surface area contributed by atoms with Gasteiger partial charge in [0.25, 0.3) is 0 Å². The van der Waals surface area contributed by atoms with E-state index in [1.807, 2.05) is 12.1 Å². The Labute approximate surface area is 171 Å². The lowest BCUT2D eigenvalue weighted by Crippen LogP contribution is -2.52. The summed E-state index contributed by atoms with van der Waals surface area (Å²) in [6, 6.07) is 8.50. The summed E-state index contributed by atoms with van der Waals surface area (Å²) >= 11 is 0. The molecule has 2 aromatic rings. The highest BCUT2D eigenvalue weighted by atomic mass is 32.2. The molecule has 2 heterocycles. The van der Waals surface area contributed by atoms with Crippen molar-refractivity contribution in [1.82, 2.24) is 19.2 Å². The van der Waals surface area contributed by atoms with Gasteiger partial charge >= 0.3 is 0 Å². The van der Waals surface area contributed by atoms with Crippen LogP contribution in [-0.2, 0) is 10.0 Å². The normalized spacial score (nSPS) is 24.3. The number of piperazine rings is 1. The van der Waals surface area contributed by atoms with Gasteiger partial charge in [0, 0.05) is 43.6 Å². The number of hydrogen-bond acceptors (Lipinski definition) is 7. The van der Waals surface area contributed by atoms with Crippen LogP contribution < -0.4 is 5.32 Å². The van der Waals surface area contributed by atoms with Crippen LogP contribution in [0.5, 0.6) is 0 Å². The first-order chi connectivity index (χ1) is 13.9. The van der Waals surface area contributed by atoms with Crippen LogP contribution in [0.25, 0.3) is 10.9 Å². The molecule has 1 N–H and O–H groups in total. The highest BCUT2D eigenvalue weighted by Crippen LogP contribution is 2.28. The third kappa shape index (κ3) is 4.50. The molecule has 2 fully saturated rings. The first-order valence-corrected chi connectivity index (χ1v) is 11.9. The molecule has 154 valence electrons. The fourth-order valence-corrected chi connectivity index (χ4v) is 5.25. The highest BCUT2D eigenvalue weighted by molar-refractivity contribution is 7.88. The molecule has 0 radical (unpaired) electrons. The smallest absolute Gasteiger partial charge is 0.211 e. The third-order valence-electron chi connectivity index (χ3n) is 6.06. The van der Waals surface area contributed by atoms with Gasteiger partial charge in [-0.05, 0) is 43.9 Å². The number of benzene rings is 1. The molecule has 29 heavy (non-hydrogen) atoms. The number of rotatable bonds is 4. The number of fused-ring (bicyclic) bond motifs is 1. The van der Waals surface area contributed by atoms with E-state index in [0.29, 0.717) is 30.7 Å². The standard InChI is InChI=1S/C20H26N6O2S/c1-29(27,28)26-10-8-25(9-11-26)17-5-3-16(4-6-17)24-20-18-12-15(13-21)2-7-19(18)22-14-23-20/h2,7,12,14,16-17H,3-6,8-11H2,1H3,(H,22,23,24). The van der Waals surface area contributed by atoms with Gasteiger partial charge in [-0.3, -0.25) is 4.90 Å². The van der Waals surface area contributed by atoms with E-state index in [9.17, 15) is 13.7 Å². The number of anilines is 1. The lowest BCUT2D eigenvalue weighted by atomic mass is 9.89. The topological polar surface area (TPSA) is 102 Å². The fraction of sp³-hybridized carbons (Fsp3) is 0.550. The Bertz CT molecular complexity index is 1020. The molecule has 1 saturated carbocycles. The summed E-state index contributed by atoms with van der Waals surface area (Å²) in [5, 5.41) is 13.6. The van der Waals surface area contributed by atoms with Gasteiger partial charge in [0.05, 0.1) is 23.4 Å². The Morgan fingerprint density at radius 3 is 2.48 bits per heavy atom. The number of sulfonamides is 1. The Morgan fingerprint density at radius 1 is 1.10 bits per heavy atom. The zero-order valence-corrected chi connectivity index (χ0v) is 17.4. The summed E-state index contributed by atoms with van der Waals surface area (Å²) in [7, 11) is -3.08. The molecule has 0 spiro atoms. The van der Waals surface area contributed by atoms with E-state index in [1.54, 1.807) is 16.7 Å². The van der Waals surface area contributed by atoms with Crippen LogP contribution in [-0.4, -0.2) is 72.1 Å². The Hall–Kier alpha value is -2.28. The first kappa shape index (κ1) is 20.0. The molecule has 1 aliphatic heterocycles. The molecule has 4 rings (SSSR count). The number of hydrogen-bond donors (Lipinski definition) is 1. The zero-order chi connectivity index (χ0) is 20.4. The molecule has 1 aromatic heterocycles. The molecule has 1 aromatic carbocycles. The van der Waals surface area contributed by atoms with E-state index >= 15 is 0 Å². The average molecular weight is 415 g/mol. The largest absolute Gasteiger partial charge is 0.367 e. The average Bonchev–Trinajstić information content (AvgIpc) is 2.74. The zero-order valence-electron chi connectivity index (χ0n) is 16.6. The van der Waals surface area contributed by atoms with Crippen LogP contribution in [0.4, 0.5) is 5.82 Å². The second kappa shape index (κ2) is 8.22. The number of nitrogens with one attached hydrogen (secondary N) is 1. The van der Waals surface area contributed by atoms with E-state index in [2.05, 4.69) is 26.3 Å². The quantitative estimate of drug-likeness (QED) is 0.814. The Kier molecular flexibility index (Phi) is 5.67. The summed E-state index contributed by atoms with van der Waals surface area (Å²) in [5.41, 5.74) is 1.44. The number of nitrogens with zero attached hydrogens (tertiary/aromatic N) is 5. The maximum atomic E-state index is 11.7. The number of nitriles is 1. The molecule has 0 amide bonds. The summed E-state index contributed by atoms with van der Waals surface area (Å²) in [5.74, 6) is 0.789. The molecule has 1 aliphatic carbocycles. The van der Waals surface area contributed by atoms with Crippen molar-refractivity contribution in [1.29, 1.82) is 5.26 Å². The van der Waals surface area contributed by atoms with Crippen molar-refractivity contribution in [2.45, 2.75) is 37.8 Å². The van der Waals surface area contributed by atoms with Crippen molar-refractivity contribution in [2.24, 2.45) is 0 Å². The van der Waals surface area contributed by atoms with E-state index in [4.69, 9.17) is 0 Å². The van der Waals surface area contributed by atoms with Crippen molar-refractivity contribution >= 4 is 26.7 Å². The lowest BCUT2D eigenvalue weighted by Gasteiger charge is -2.41. The van der Waals surface area contributed by atoms with E-state index < -0.39 is 10.0 Å². The predicted molar refractivity (Wildman–Crippen MR) is 112 cm³/mol. The van der Waals surface area contributed by atoms with Gasteiger partial charge in [0.15, 0.2) is 0 Å². The van der Waals surface area contributed by atoms with Gasteiger partial charge in [0.2, 0.25) is 10.0 Å². The molecule has 1 saturated heterocycles. The van der Waals surface area contributed by atoms with Crippen LogP contribution in [0, 0.1) is 11.3 Å². The van der Waals surface area contributed by atoms with E-state index in [1.165, 1.54) is 6.26 Å². The van der Waals surface area contributed by atoms with E-state index in [-0.39, 0.29) is 0 Å². The number of aromatic nitrogens is 2.